The first-order valence-corrected chi connectivity index (χ1v) is 7.20. The van der Waals surface area contributed by atoms with Crippen molar-refractivity contribution in [3.63, 3.8) is 0 Å². The van der Waals surface area contributed by atoms with Gasteiger partial charge in [0.05, 0.1) is 22.0 Å². The summed E-state index contributed by atoms with van der Waals surface area (Å²) in [6, 6.07) is 4.22. The molecule has 0 saturated carbocycles. The molecule has 7 nitrogen and oxygen atoms in total. The molecule has 0 bridgehead atoms. The third-order valence-corrected chi connectivity index (χ3v) is 3.84. The Balaban J connectivity index is 2.64. The average Bonchev–Trinajstić information content (AvgIpc) is 2.42. The van der Waals surface area contributed by atoms with E-state index in [1.807, 2.05) is 0 Å². The number of halogens is 1. The molecule has 1 aromatic rings. The van der Waals surface area contributed by atoms with Gasteiger partial charge in [-0.05, 0) is 12.1 Å². The molecule has 0 aliphatic rings. The summed E-state index contributed by atoms with van der Waals surface area (Å²) < 4.78 is 0. The van der Waals surface area contributed by atoms with E-state index in [4.69, 9.17) is 16.7 Å². The summed E-state index contributed by atoms with van der Waals surface area (Å²) in [5.41, 5.74) is -0.159. The predicted molar refractivity (Wildman–Crippen MR) is 78.7 cm³/mol. The molecule has 0 saturated heterocycles. The summed E-state index contributed by atoms with van der Waals surface area (Å²) in [6.45, 7) is 0.0947. The summed E-state index contributed by atoms with van der Waals surface area (Å²) in [7, 11) is 1.49. The van der Waals surface area contributed by atoms with Crippen molar-refractivity contribution >= 4 is 40.9 Å². The van der Waals surface area contributed by atoms with Crippen LogP contribution in [-0.4, -0.2) is 46.2 Å². The van der Waals surface area contributed by atoms with Gasteiger partial charge < -0.3 is 10.0 Å². The molecular weight excluding hydrogens is 320 g/mol. The zero-order valence-electron chi connectivity index (χ0n) is 11.1. The Morgan fingerprint density at radius 1 is 1.48 bits per heavy atom. The molecule has 0 unspecified atom stereocenters. The highest BCUT2D eigenvalue weighted by Crippen LogP contribution is 2.31. The Kier molecular flexibility index (Phi) is 6.44. The van der Waals surface area contributed by atoms with Crippen molar-refractivity contribution in [2.24, 2.45) is 0 Å². The fourth-order valence-corrected chi connectivity index (χ4v) is 2.50. The third kappa shape index (κ3) is 5.60. The van der Waals surface area contributed by atoms with Gasteiger partial charge in [-0.1, -0.05) is 11.6 Å². The first-order valence-electron chi connectivity index (χ1n) is 5.83. The molecule has 0 aromatic heterocycles. The van der Waals surface area contributed by atoms with Crippen LogP contribution < -0.4 is 0 Å². The fraction of sp³-hybridized carbons (Fsp3) is 0.333. The van der Waals surface area contributed by atoms with Gasteiger partial charge in [0.2, 0.25) is 5.91 Å². The van der Waals surface area contributed by atoms with Crippen molar-refractivity contribution in [2.45, 2.75) is 11.3 Å². The summed E-state index contributed by atoms with van der Waals surface area (Å²) >= 11 is 6.72. The van der Waals surface area contributed by atoms with E-state index in [1.54, 1.807) is 0 Å². The summed E-state index contributed by atoms with van der Waals surface area (Å²) in [6.07, 6.45) is -0.145. The molecule has 1 rings (SSSR count). The number of rotatable bonds is 7. The number of carboxylic acids is 1. The maximum Gasteiger partial charge on any atom is 0.305 e. The van der Waals surface area contributed by atoms with Crippen molar-refractivity contribution in [2.75, 3.05) is 19.3 Å². The van der Waals surface area contributed by atoms with E-state index in [9.17, 15) is 19.7 Å². The Bertz CT molecular complexity index is 567. The lowest BCUT2D eigenvalue weighted by molar-refractivity contribution is -0.387. The molecule has 0 heterocycles. The molecular formula is C12H13ClN2O5S. The van der Waals surface area contributed by atoms with E-state index in [-0.39, 0.29) is 35.3 Å². The van der Waals surface area contributed by atoms with Gasteiger partial charge in [0.25, 0.3) is 5.69 Å². The molecule has 0 aliphatic heterocycles. The van der Waals surface area contributed by atoms with Crippen LogP contribution in [0.25, 0.3) is 0 Å². The second-order valence-corrected chi connectivity index (χ2v) is 5.57. The van der Waals surface area contributed by atoms with Gasteiger partial charge in [0.15, 0.2) is 0 Å². The van der Waals surface area contributed by atoms with E-state index < -0.39 is 10.9 Å². The average molecular weight is 333 g/mol. The Labute approximate surface area is 130 Å². The van der Waals surface area contributed by atoms with Crippen LogP contribution in [0.2, 0.25) is 5.02 Å². The maximum atomic E-state index is 11.8. The van der Waals surface area contributed by atoms with E-state index in [0.29, 0.717) is 4.90 Å². The molecule has 114 valence electrons. The lowest BCUT2D eigenvalue weighted by atomic mass is 10.3. The van der Waals surface area contributed by atoms with Gasteiger partial charge >= 0.3 is 5.97 Å². The second-order valence-electron chi connectivity index (χ2n) is 4.12. The number of carbonyl (C=O) groups is 2. The highest BCUT2D eigenvalue weighted by molar-refractivity contribution is 8.00. The number of thioether (sulfide) groups is 1. The second kappa shape index (κ2) is 7.84. The molecule has 0 radical (unpaired) electrons. The number of hydrogen-bond donors (Lipinski definition) is 1. The standard InChI is InChI=1S/C12H13ClN2O5S/c1-14(5-4-12(17)18)11(16)7-21-10-3-2-8(13)6-9(10)15(19)20/h2-3,6H,4-5,7H2,1H3,(H,17,18). The molecule has 0 fully saturated rings. The lowest BCUT2D eigenvalue weighted by Gasteiger charge is -2.15. The first-order chi connectivity index (χ1) is 9.81. The molecule has 1 N–H and O–H groups in total. The number of nitrogens with zero attached hydrogens (tertiary/aromatic N) is 2. The number of benzene rings is 1. The van der Waals surface area contributed by atoms with Gasteiger partial charge in [0, 0.05) is 24.7 Å². The molecule has 0 spiro atoms. The normalized spacial score (nSPS) is 10.2. The zero-order chi connectivity index (χ0) is 16.0. The summed E-state index contributed by atoms with van der Waals surface area (Å²) in [4.78, 5) is 34.2. The van der Waals surface area contributed by atoms with Crippen LogP contribution in [0.3, 0.4) is 0 Å². The fourth-order valence-electron chi connectivity index (χ4n) is 1.39. The van der Waals surface area contributed by atoms with Gasteiger partial charge in [0.1, 0.15) is 0 Å². The van der Waals surface area contributed by atoms with E-state index in [2.05, 4.69) is 0 Å². The smallest absolute Gasteiger partial charge is 0.305 e. The van der Waals surface area contributed by atoms with Gasteiger partial charge in [-0.25, -0.2) is 0 Å². The van der Waals surface area contributed by atoms with Gasteiger partial charge in [-0.3, -0.25) is 19.7 Å². The Morgan fingerprint density at radius 2 is 2.14 bits per heavy atom. The van der Waals surface area contributed by atoms with Crippen LogP contribution in [-0.2, 0) is 9.59 Å². The van der Waals surface area contributed by atoms with Crippen LogP contribution in [0.4, 0.5) is 5.69 Å². The Hall–Kier alpha value is -1.80. The topological polar surface area (TPSA) is 101 Å². The van der Waals surface area contributed by atoms with Crippen molar-refractivity contribution in [1.29, 1.82) is 0 Å². The SMILES string of the molecule is CN(CCC(=O)O)C(=O)CSc1ccc(Cl)cc1[N+](=O)[O-]. The molecule has 9 heteroatoms. The minimum absolute atomic E-state index is 0.0153. The monoisotopic (exact) mass is 332 g/mol. The molecule has 21 heavy (non-hydrogen) atoms. The maximum absolute atomic E-state index is 11.8. The van der Waals surface area contributed by atoms with Crippen molar-refractivity contribution in [3.05, 3.63) is 33.3 Å². The first kappa shape index (κ1) is 17.3. The van der Waals surface area contributed by atoms with Crippen molar-refractivity contribution in [3.8, 4) is 0 Å². The number of carboxylic acid groups (broad SMARTS) is 1. The number of nitro groups is 1. The minimum atomic E-state index is -0.990. The highest BCUT2D eigenvalue weighted by atomic mass is 35.5. The minimum Gasteiger partial charge on any atom is -0.481 e. The molecule has 0 aliphatic carbocycles. The summed E-state index contributed by atoms with van der Waals surface area (Å²) in [5, 5.41) is 19.7. The number of hydrogen-bond acceptors (Lipinski definition) is 5. The zero-order valence-corrected chi connectivity index (χ0v) is 12.7. The van der Waals surface area contributed by atoms with Crippen LogP contribution in [0.1, 0.15) is 6.42 Å². The van der Waals surface area contributed by atoms with E-state index in [0.717, 1.165) is 11.8 Å². The highest BCUT2D eigenvalue weighted by Gasteiger charge is 2.17. The number of nitro benzene ring substituents is 1. The largest absolute Gasteiger partial charge is 0.481 e. The predicted octanol–water partition coefficient (Wildman–Crippen LogP) is 2.27. The number of amides is 1. The molecule has 1 aromatic carbocycles. The van der Waals surface area contributed by atoms with Crippen molar-refractivity contribution < 1.29 is 19.6 Å². The van der Waals surface area contributed by atoms with E-state index >= 15 is 0 Å². The third-order valence-electron chi connectivity index (χ3n) is 2.56. The number of carbonyl (C=O) groups excluding carboxylic acids is 1. The van der Waals surface area contributed by atoms with Crippen LogP contribution >= 0.6 is 23.4 Å². The van der Waals surface area contributed by atoms with Crippen molar-refractivity contribution in [1.82, 2.24) is 4.90 Å². The van der Waals surface area contributed by atoms with Crippen LogP contribution in [0.15, 0.2) is 23.1 Å². The summed E-state index contributed by atoms with van der Waals surface area (Å²) in [5.74, 6) is -1.31. The van der Waals surface area contributed by atoms with Crippen LogP contribution in [0.5, 0.6) is 0 Å². The van der Waals surface area contributed by atoms with E-state index in [1.165, 1.54) is 30.1 Å². The van der Waals surface area contributed by atoms with Crippen LogP contribution in [0, 0.1) is 10.1 Å². The Morgan fingerprint density at radius 3 is 2.71 bits per heavy atom. The van der Waals surface area contributed by atoms with Gasteiger partial charge in [-0.2, -0.15) is 0 Å². The van der Waals surface area contributed by atoms with Gasteiger partial charge in [-0.15, -0.1) is 11.8 Å². The molecule has 0 atom stereocenters. The lowest BCUT2D eigenvalue weighted by Crippen LogP contribution is -2.30. The molecule has 1 amide bonds. The quantitative estimate of drug-likeness (QED) is 0.467. The number of aliphatic carboxylic acids is 1.